The van der Waals surface area contributed by atoms with Crippen molar-refractivity contribution in [3.63, 3.8) is 0 Å². The molecule has 0 aliphatic carbocycles. The number of nitrogens with two attached hydrogens (primary N) is 1. The third kappa shape index (κ3) is 4.88. The molecule has 1 aromatic heterocycles. The third-order valence-corrected chi connectivity index (χ3v) is 2.37. The van der Waals surface area contributed by atoms with Gasteiger partial charge in [-0.25, -0.2) is 0 Å². The molecule has 3 N–H and O–H groups in total. The lowest BCUT2D eigenvalue weighted by Gasteiger charge is -2.08. The maximum absolute atomic E-state index is 11.4. The van der Waals surface area contributed by atoms with E-state index in [0.717, 1.165) is 12.8 Å². The molecule has 0 radical (unpaired) electrons. The van der Waals surface area contributed by atoms with Crippen molar-refractivity contribution in [1.82, 2.24) is 15.5 Å². The molecule has 90 valence electrons. The number of hydrogen-bond acceptors (Lipinski definition) is 5. The molecule has 0 saturated heterocycles. The molecular weight excluding hydrogens is 208 g/mol. The van der Waals surface area contributed by atoms with Gasteiger partial charge in [0.05, 0.1) is 6.54 Å². The summed E-state index contributed by atoms with van der Waals surface area (Å²) in [5, 5.41) is 6.32. The molecule has 6 heteroatoms. The molecule has 0 saturated carbocycles. The Bertz CT molecular complexity index is 300. The van der Waals surface area contributed by atoms with Gasteiger partial charge in [0, 0.05) is 6.42 Å². The highest BCUT2D eigenvalue weighted by atomic mass is 16.5. The van der Waals surface area contributed by atoms with Crippen molar-refractivity contribution in [2.24, 2.45) is 11.7 Å². The van der Waals surface area contributed by atoms with Crippen LogP contribution in [0, 0.1) is 5.92 Å². The van der Waals surface area contributed by atoms with Crippen LogP contribution in [0.2, 0.25) is 0 Å². The number of rotatable bonds is 7. The first kappa shape index (κ1) is 12.6. The molecule has 0 aliphatic rings. The number of amides is 1. The first-order valence-electron chi connectivity index (χ1n) is 5.44. The van der Waals surface area contributed by atoms with Gasteiger partial charge in [-0.3, -0.25) is 4.79 Å². The van der Waals surface area contributed by atoms with Crippen molar-refractivity contribution in [2.75, 3.05) is 6.54 Å². The number of aromatic nitrogens is 2. The first-order chi connectivity index (χ1) is 7.72. The predicted octanol–water partition coefficient (Wildman–Crippen LogP) is 0.451. The summed E-state index contributed by atoms with van der Waals surface area (Å²) in [7, 11) is 0. The normalized spacial score (nSPS) is 12.4. The Morgan fingerprint density at radius 1 is 1.62 bits per heavy atom. The van der Waals surface area contributed by atoms with E-state index in [1.807, 2.05) is 0 Å². The Labute approximate surface area is 94.6 Å². The number of carbonyl (C=O) groups is 1. The van der Waals surface area contributed by atoms with Crippen LogP contribution in [0.3, 0.4) is 0 Å². The van der Waals surface area contributed by atoms with E-state index in [-0.39, 0.29) is 5.91 Å². The number of hydrogen-bond donors (Lipinski definition) is 2. The lowest BCUT2D eigenvalue weighted by Crippen LogP contribution is -2.23. The molecule has 1 unspecified atom stereocenters. The van der Waals surface area contributed by atoms with E-state index in [9.17, 15) is 4.79 Å². The Balaban J connectivity index is 2.11. The van der Waals surface area contributed by atoms with Crippen LogP contribution >= 0.6 is 0 Å². The van der Waals surface area contributed by atoms with Crippen molar-refractivity contribution >= 4 is 5.91 Å². The van der Waals surface area contributed by atoms with E-state index in [2.05, 4.69) is 26.9 Å². The molecule has 0 fully saturated rings. The lowest BCUT2D eigenvalue weighted by atomic mass is 10.0. The molecule has 0 bridgehead atoms. The summed E-state index contributed by atoms with van der Waals surface area (Å²) in [6.45, 7) is 3.09. The summed E-state index contributed by atoms with van der Waals surface area (Å²) in [6, 6.07) is 0. The van der Waals surface area contributed by atoms with Gasteiger partial charge in [-0.1, -0.05) is 12.1 Å². The van der Waals surface area contributed by atoms with E-state index in [1.54, 1.807) is 0 Å². The average molecular weight is 226 g/mol. The number of nitrogens with one attached hydrogen (secondary N) is 1. The fraction of sp³-hybridized carbons (Fsp3) is 0.700. The highest BCUT2D eigenvalue weighted by Gasteiger charge is 2.07. The fourth-order valence-electron chi connectivity index (χ4n) is 1.34. The molecule has 1 atom stereocenters. The van der Waals surface area contributed by atoms with Gasteiger partial charge in [0.25, 0.3) is 0 Å². The second-order valence-electron chi connectivity index (χ2n) is 3.85. The SMILES string of the molecule is CC(CCN)CCC(=O)NCc1ncon1. The van der Waals surface area contributed by atoms with E-state index < -0.39 is 0 Å². The molecule has 1 amide bonds. The molecule has 1 aromatic rings. The largest absolute Gasteiger partial charge is 0.349 e. The summed E-state index contributed by atoms with van der Waals surface area (Å²) in [4.78, 5) is 15.2. The highest BCUT2D eigenvalue weighted by Crippen LogP contribution is 2.08. The summed E-state index contributed by atoms with van der Waals surface area (Å²) >= 11 is 0. The molecule has 0 spiro atoms. The topological polar surface area (TPSA) is 94.0 Å². The van der Waals surface area contributed by atoms with Crippen LogP contribution in [-0.4, -0.2) is 22.6 Å². The van der Waals surface area contributed by atoms with E-state index in [0.29, 0.717) is 31.3 Å². The maximum atomic E-state index is 11.4. The van der Waals surface area contributed by atoms with E-state index in [1.165, 1.54) is 6.39 Å². The lowest BCUT2D eigenvalue weighted by molar-refractivity contribution is -0.121. The van der Waals surface area contributed by atoms with Crippen LogP contribution in [0.4, 0.5) is 0 Å². The Kier molecular flexibility index (Phi) is 5.49. The number of carbonyl (C=O) groups excluding carboxylic acids is 1. The smallest absolute Gasteiger partial charge is 0.220 e. The minimum Gasteiger partial charge on any atom is -0.349 e. The summed E-state index contributed by atoms with van der Waals surface area (Å²) in [5.74, 6) is 0.984. The first-order valence-corrected chi connectivity index (χ1v) is 5.44. The van der Waals surface area contributed by atoms with Crippen molar-refractivity contribution in [1.29, 1.82) is 0 Å². The third-order valence-electron chi connectivity index (χ3n) is 2.37. The van der Waals surface area contributed by atoms with Crippen molar-refractivity contribution in [2.45, 2.75) is 32.7 Å². The molecule has 16 heavy (non-hydrogen) atoms. The van der Waals surface area contributed by atoms with Crippen LogP contribution < -0.4 is 11.1 Å². The molecule has 6 nitrogen and oxygen atoms in total. The van der Waals surface area contributed by atoms with Gasteiger partial charge in [0.1, 0.15) is 0 Å². The van der Waals surface area contributed by atoms with Gasteiger partial charge in [0.15, 0.2) is 5.82 Å². The van der Waals surface area contributed by atoms with Crippen LogP contribution in [-0.2, 0) is 11.3 Å². The second kappa shape index (κ2) is 6.95. The minimum absolute atomic E-state index is 0.00803. The quantitative estimate of drug-likeness (QED) is 0.704. The molecule has 0 aromatic carbocycles. The van der Waals surface area contributed by atoms with Crippen molar-refractivity contribution in [3.05, 3.63) is 12.2 Å². The molecular formula is C10H18N4O2. The van der Waals surface area contributed by atoms with E-state index >= 15 is 0 Å². The maximum Gasteiger partial charge on any atom is 0.220 e. The Morgan fingerprint density at radius 3 is 3.06 bits per heavy atom. The minimum atomic E-state index is 0.00803. The molecule has 1 heterocycles. The standard InChI is InChI=1S/C10H18N4O2/c1-8(4-5-11)2-3-10(15)12-6-9-13-7-16-14-9/h7-8H,2-6,11H2,1H3,(H,12,15). The summed E-state index contributed by atoms with van der Waals surface area (Å²) in [5.41, 5.74) is 5.43. The van der Waals surface area contributed by atoms with E-state index in [4.69, 9.17) is 5.73 Å². The van der Waals surface area contributed by atoms with Gasteiger partial charge in [-0.2, -0.15) is 4.98 Å². The van der Waals surface area contributed by atoms with Gasteiger partial charge in [-0.15, -0.1) is 0 Å². The Morgan fingerprint density at radius 2 is 2.44 bits per heavy atom. The monoisotopic (exact) mass is 226 g/mol. The van der Waals surface area contributed by atoms with Crippen molar-refractivity contribution in [3.8, 4) is 0 Å². The zero-order valence-electron chi connectivity index (χ0n) is 9.48. The van der Waals surface area contributed by atoms with Crippen LogP contribution in [0.15, 0.2) is 10.9 Å². The molecule has 1 rings (SSSR count). The average Bonchev–Trinajstić information content (AvgIpc) is 2.77. The highest BCUT2D eigenvalue weighted by molar-refractivity contribution is 5.75. The number of nitrogens with zero attached hydrogens (tertiary/aromatic N) is 2. The van der Waals surface area contributed by atoms with Gasteiger partial charge in [-0.05, 0) is 25.3 Å². The van der Waals surface area contributed by atoms with Crippen LogP contribution in [0.25, 0.3) is 0 Å². The summed E-state index contributed by atoms with van der Waals surface area (Å²) in [6.07, 6.45) is 3.57. The van der Waals surface area contributed by atoms with Gasteiger partial charge in [0.2, 0.25) is 12.3 Å². The zero-order valence-corrected chi connectivity index (χ0v) is 9.48. The van der Waals surface area contributed by atoms with Gasteiger partial charge >= 0.3 is 0 Å². The zero-order chi connectivity index (χ0) is 11.8. The fourth-order valence-corrected chi connectivity index (χ4v) is 1.34. The van der Waals surface area contributed by atoms with Crippen LogP contribution in [0.1, 0.15) is 32.0 Å². The van der Waals surface area contributed by atoms with Gasteiger partial charge < -0.3 is 15.6 Å². The second-order valence-corrected chi connectivity index (χ2v) is 3.85. The van der Waals surface area contributed by atoms with Crippen LogP contribution in [0.5, 0.6) is 0 Å². The molecule has 0 aliphatic heterocycles. The summed E-state index contributed by atoms with van der Waals surface area (Å²) < 4.78 is 4.55. The Hall–Kier alpha value is -1.43. The van der Waals surface area contributed by atoms with Crippen molar-refractivity contribution < 1.29 is 9.32 Å². The predicted molar refractivity (Wildman–Crippen MR) is 58.2 cm³/mol.